The molecule has 82 valence electrons. The third-order valence-corrected chi connectivity index (χ3v) is 4.05. The average Bonchev–Trinajstić information content (AvgIpc) is 2.40. The van der Waals surface area contributed by atoms with Crippen molar-refractivity contribution in [2.45, 2.75) is 12.5 Å². The van der Waals surface area contributed by atoms with Gasteiger partial charge in [0.25, 0.3) is 0 Å². The topological polar surface area (TPSA) is 83.9 Å². The zero-order valence-corrected chi connectivity index (χ0v) is 8.66. The van der Waals surface area contributed by atoms with E-state index in [2.05, 4.69) is 4.74 Å². The van der Waals surface area contributed by atoms with Gasteiger partial charge in [-0.25, -0.2) is 8.42 Å². The minimum absolute atomic E-state index is 0.0283. The first-order valence-electron chi connectivity index (χ1n) is 4.20. The minimum atomic E-state index is -3.38. The second kappa shape index (κ2) is 4.24. The lowest BCUT2D eigenvalue weighted by Crippen LogP contribution is -2.45. The molecular weight excluding hydrogens is 210 g/mol. The molecule has 1 rings (SSSR count). The molecule has 1 atom stereocenters. The largest absolute Gasteiger partial charge is 0.480 e. The molecule has 0 aromatic rings. The van der Waals surface area contributed by atoms with Crippen LogP contribution in [-0.4, -0.2) is 55.9 Å². The van der Waals surface area contributed by atoms with Crippen LogP contribution in [0.2, 0.25) is 0 Å². The van der Waals surface area contributed by atoms with E-state index in [1.165, 1.54) is 7.11 Å². The van der Waals surface area contributed by atoms with Crippen molar-refractivity contribution in [3.8, 4) is 0 Å². The standard InChI is InChI=1S/C7H13NO5S/c1-13-5-6(7(9)10)8-3-2-4-14(8,11)12/h6H,2-5H2,1H3,(H,9,10). The summed E-state index contributed by atoms with van der Waals surface area (Å²) in [6, 6.07) is -1.09. The van der Waals surface area contributed by atoms with Gasteiger partial charge in [-0.2, -0.15) is 4.31 Å². The lowest BCUT2D eigenvalue weighted by Gasteiger charge is -2.21. The van der Waals surface area contributed by atoms with Gasteiger partial charge in [-0.3, -0.25) is 4.79 Å². The average molecular weight is 223 g/mol. The van der Waals surface area contributed by atoms with E-state index >= 15 is 0 Å². The van der Waals surface area contributed by atoms with Crippen LogP contribution >= 0.6 is 0 Å². The molecule has 0 radical (unpaired) electrons. The first-order valence-corrected chi connectivity index (χ1v) is 5.81. The molecule has 6 nitrogen and oxygen atoms in total. The first-order chi connectivity index (χ1) is 6.49. The van der Waals surface area contributed by atoms with E-state index < -0.39 is 22.0 Å². The molecule has 0 aliphatic carbocycles. The second-order valence-corrected chi connectivity index (χ2v) is 5.13. The number of rotatable bonds is 4. The van der Waals surface area contributed by atoms with Gasteiger partial charge in [0, 0.05) is 13.7 Å². The van der Waals surface area contributed by atoms with E-state index in [-0.39, 0.29) is 18.9 Å². The summed E-state index contributed by atoms with van der Waals surface area (Å²) in [6.07, 6.45) is 0.482. The number of carboxylic acids is 1. The number of sulfonamides is 1. The van der Waals surface area contributed by atoms with Crippen LogP contribution in [0.15, 0.2) is 0 Å². The first kappa shape index (κ1) is 11.4. The lowest BCUT2D eigenvalue weighted by molar-refractivity contribution is -0.143. The third kappa shape index (κ3) is 2.23. The number of methoxy groups -OCH3 is 1. The summed E-state index contributed by atoms with van der Waals surface area (Å²) in [7, 11) is -2.04. The highest BCUT2D eigenvalue weighted by molar-refractivity contribution is 7.89. The Bertz CT molecular complexity index is 312. The summed E-state index contributed by atoms with van der Waals surface area (Å²) >= 11 is 0. The van der Waals surface area contributed by atoms with E-state index in [1.54, 1.807) is 0 Å². The number of aliphatic carboxylic acids is 1. The van der Waals surface area contributed by atoms with Crippen molar-refractivity contribution in [2.75, 3.05) is 26.0 Å². The number of hydrogen-bond acceptors (Lipinski definition) is 4. The molecular formula is C7H13NO5S. The summed E-state index contributed by atoms with van der Waals surface area (Å²) in [4.78, 5) is 10.8. The van der Waals surface area contributed by atoms with E-state index in [0.29, 0.717) is 6.42 Å². The highest BCUT2D eigenvalue weighted by Crippen LogP contribution is 2.17. The number of nitrogens with zero attached hydrogens (tertiary/aromatic N) is 1. The Hall–Kier alpha value is -0.660. The van der Waals surface area contributed by atoms with Crippen LogP contribution in [0.3, 0.4) is 0 Å². The van der Waals surface area contributed by atoms with Crippen LogP contribution in [0.5, 0.6) is 0 Å². The summed E-state index contributed by atoms with van der Waals surface area (Å²) in [5.74, 6) is -1.14. The third-order valence-electron chi connectivity index (χ3n) is 2.10. The Morgan fingerprint density at radius 2 is 2.29 bits per heavy atom. The highest BCUT2D eigenvalue weighted by atomic mass is 32.2. The molecule has 0 saturated carbocycles. The predicted octanol–water partition coefficient (Wildman–Crippen LogP) is -0.878. The van der Waals surface area contributed by atoms with Crippen LogP contribution in [0.4, 0.5) is 0 Å². The number of carbonyl (C=O) groups is 1. The number of hydrogen-bond donors (Lipinski definition) is 1. The molecule has 7 heteroatoms. The summed E-state index contributed by atoms with van der Waals surface area (Å²) < 4.78 is 28.5. The fourth-order valence-corrected chi connectivity index (χ4v) is 3.12. The van der Waals surface area contributed by atoms with Crippen molar-refractivity contribution in [1.29, 1.82) is 0 Å². The van der Waals surface area contributed by atoms with Gasteiger partial charge >= 0.3 is 5.97 Å². The van der Waals surface area contributed by atoms with Crippen molar-refractivity contribution < 1.29 is 23.1 Å². The predicted molar refractivity (Wildman–Crippen MR) is 48.4 cm³/mol. The Morgan fingerprint density at radius 1 is 1.64 bits per heavy atom. The van der Waals surface area contributed by atoms with Crippen LogP contribution in [0, 0.1) is 0 Å². The Labute approximate surface area is 82.5 Å². The van der Waals surface area contributed by atoms with E-state index in [0.717, 1.165) is 4.31 Å². The molecule has 1 fully saturated rings. The molecule has 1 unspecified atom stereocenters. The molecule has 14 heavy (non-hydrogen) atoms. The van der Waals surface area contributed by atoms with Gasteiger partial charge in [0.05, 0.1) is 12.4 Å². The summed E-state index contributed by atoms with van der Waals surface area (Å²) in [6.45, 7) is 0.150. The quantitative estimate of drug-likeness (QED) is 0.669. The normalized spacial score (nSPS) is 23.5. The van der Waals surface area contributed by atoms with E-state index in [9.17, 15) is 13.2 Å². The Morgan fingerprint density at radius 3 is 2.64 bits per heavy atom. The van der Waals surface area contributed by atoms with Gasteiger partial charge in [0.1, 0.15) is 6.04 Å². The minimum Gasteiger partial charge on any atom is -0.480 e. The molecule has 1 aliphatic heterocycles. The number of carboxylic acid groups (broad SMARTS) is 1. The monoisotopic (exact) mass is 223 g/mol. The van der Waals surface area contributed by atoms with E-state index in [1.807, 2.05) is 0 Å². The summed E-state index contributed by atoms with van der Waals surface area (Å²) in [5.41, 5.74) is 0. The molecule has 1 heterocycles. The van der Waals surface area contributed by atoms with E-state index in [4.69, 9.17) is 5.11 Å². The molecule has 0 bridgehead atoms. The van der Waals surface area contributed by atoms with Crippen molar-refractivity contribution in [3.05, 3.63) is 0 Å². The Balaban J connectivity index is 2.83. The van der Waals surface area contributed by atoms with Gasteiger partial charge in [-0.15, -0.1) is 0 Å². The van der Waals surface area contributed by atoms with Crippen LogP contribution < -0.4 is 0 Å². The van der Waals surface area contributed by atoms with Gasteiger partial charge in [0.15, 0.2) is 0 Å². The highest BCUT2D eigenvalue weighted by Gasteiger charge is 2.38. The van der Waals surface area contributed by atoms with Crippen molar-refractivity contribution >= 4 is 16.0 Å². The molecule has 0 aromatic heterocycles. The maximum atomic E-state index is 11.4. The van der Waals surface area contributed by atoms with Crippen LogP contribution in [-0.2, 0) is 19.6 Å². The van der Waals surface area contributed by atoms with Gasteiger partial charge in [0.2, 0.25) is 10.0 Å². The zero-order chi connectivity index (χ0) is 10.8. The Kier molecular flexibility index (Phi) is 3.46. The lowest BCUT2D eigenvalue weighted by atomic mass is 10.3. The summed E-state index contributed by atoms with van der Waals surface area (Å²) in [5, 5.41) is 8.81. The van der Waals surface area contributed by atoms with Crippen molar-refractivity contribution in [2.24, 2.45) is 0 Å². The van der Waals surface area contributed by atoms with Crippen LogP contribution in [0.25, 0.3) is 0 Å². The molecule has 0 aromatic carbocycles. The molecule has 1 saturated heterocycles. The molecule has 1 N–H and O–H groups in total. The fraction of sp³-hybridized carbons (Fsp3) is 0.857. The fourth-order valence-electron chi connectivity index (χ4n) is 1.44. The molecule has 0 spiro atoms. The molecule has 1 aliphatic rings. The second-order valence-electron chi connectivity index (χ2n) is 3.09. The maximum absolute atomic E-state index is 11.4. The maximum Gasteiger partial charge on any atom is 0.324 e. The molecule has 0 amide bonds. The van der Waals surface area contributed by atoms with Gasteiger partial charge < -0.3 is 9.84 Å². The van der Waals surface area contributed by atoms with Crippen LogP contribution in [0.1, 0.15) is 6.42 Å². The van der Waals surface area contributed by atoms with Crippen molar-refractivity contribution in [1.82, 2.24) is 4.31 Å². The zero-order valence-electron chi connectivity index (χ0n) is 7.84. The van der Waals surface area contributed by atoms with Crippen molar-refractivity contribution in [3.63, 3.8) is 0 Å². The number of ether oxygens (including phenoxy) is 1. The SMILES string of the molecule is COCC(C(=O)O)N1CCCS1(=O)=O. The van der Waals surface area contributed by atoms with Gasteiger partial charge in [-0.05, 0) is 6.42 Å². The van der Waals surface area contributed by atoms with Gasteiger partial charge in [-0.1, -0.05) is 0 Å². The smallest absolute Gasteiger partial charge is 0.324 e.